The zero-order valence-corrected chi connectivity index (χ0v) is 12.3. The second-order valence-electron chi connectivity index (χ2n) is 5.40. The summed E-state index contributed by atoms with van der Waals surface area (Å²) in [6.45, 7) is 7.09. The Morgan fingerprint density at radius 1 is 1.40 bits per heavy atom. The van der Waals surface area contributed by atoms with Crippen molar-refractivity contribution in [2.45, 2.75) is 39.3 Å². The minimum atomic E-state index is -0.986. The molecule has 2 unspecified atom stereocenters. The summed E-state index contributed by atoms with van der Waals surface area (Å²) < 4.78 is 4.94. The van der Waals surface area contributed by atoms with Gasteiger partial charge in [-0.15, -0.1) is 0 Å². The van der Waals surface area contributed by atoms with Crippen LogP contribution >= 0.6 is 0 Å². The van der Waals surface area contributed by atoms with E-state index < -0.39 is 17.6 Å². The second kappa shape index (κ2) is 6.56. The van der Waals surface area contributed by atoms with Gasteiger partial charge in [-0.2, -0.15) is 0 Å². The molecule has 20 heavy (non-hydrogen) atoms. The molecule has 0 saturated heterocycles. The molecule has 0 spiro atoms. The largest absolute Gasteiger partial charge is 0.459 e. The Morgan fingerprint density at radius 2 is 2.05 bits per heavy atom. The van der Waals surface area contributed by atoms with Crippen LogP contribution in [0.2, 0.25) is 0 Å². The molecular formula is C14H22N2O4. The lowest BCUT2D eigenvalue weighted by Crippen LogP contribution is -2.50. The number of carbonyl (C=O) groups is 2. The van der Waals surface area contributed by atoms with E-state index >= 15 is 0 Å². The predicted octanol–water partition coefficient (Wildman–Crippen LogP) is 0.921. The first-order chi connectivity index (χ1) is 9.24. The standard InChI is InChI=1S/C14H22N2O4/c1-9(2)14(4,19)8-15-12(17)10(3)16-13(18)11-6-5-7-20-11/h5-7,9-10,19H,8H2,1-4H3,(H,15,17)(H,16,18). The number of rotatable bonds is 6. The van der Waals surface area contributed by atoms with E-state index in [1.54, 1.807) is 19.9 Å². The molecule has 1 heterocycles. The SMILES string of the molecule is CC(NC(=O)c1ccco1)C(=O)NCC(C)(O)C(C)C. The van der Waals surface area contributed by atoms with Crippen molar-refractivity contribution in [3.05, 3.63) is 24.2 Å². The smallest absolute Gasteiger partial charge is 0.287 e. The number of amides is 2. The van der Waals surface area contributed by atoms with Gasteiger partial charge in [-0.25, -0.2) is 0 Å². The number of nitrogens with one attached hydrogen (secondary N) is 2. The van der Waals surface area contributed by atoms with Crippen LogP contribution < -0.4 is 10.6 Å². The Bertz CT molecular complexity index is 452. The van der Waals surface area contributed by atoms with Crippen LogP contribution in [0, 0.1) is 5.92 Å². The summed E-state index contributed by atoms with van der Waals surface area (Å²) >= 11 is 0. The summed E-state index contributed by atoms with van der Waals surface area (Å²) in [7, 11) is 0. The zero-order valence-electron chi connectivity index (χ0n) is 12.3. The number of carbonyl (C=O) groups excluding carboxylic acids is 2. The highest BCUT2D eigenvalue weighted by molar-refractivity contribution is 5.95. The van der Waals surface area contributed by atoms with Crippen LogP contribution in [-0.4, -0.2) is 35.1 Å². The molecule has 0 bridgehead atoms. The highest BCUT2D eigenvalue weighted by Crippen LogP contribution is 2.14. The lowest BCUT2D eigenvalue weighted by atomic mass is 9.92. The highest BCUT2D eigenvalue weighted by Gasteiger charge is 2.26. The molecular weight excluding hydrogens is 260 g/mol. The van der Waals surface area contributed by atoms with E-state index in [1.165, 1.54) is 12.3 Å². The van der Waals surface area contributed by atoms with E-state index in [2.05, 4.69) is 10.6 Å². The van der Waals surface area contributed by atoms with Crippen molar-refractivity contribution in [1.82, 2.24) is 10.6 Å². The zero-order chi connectivity index (χ0) is 15.3. The van der Waals surface area contributed by atoms with E-state index in [0.717, 1.165) is 0 Å². The van der Waals surface area contributed by atoms with E-state index in [1.807, 2.05) is 13.8 Å². The van der Waals surface area contributed by atoms with Gasteiger partial charge in [0.15, 0.2) is 5.76 Å². The van der Waals surface area contributed by atoms with E-state index in [4.69, 9.17) is 4.42 Å². The van der Waals surface area contributed by atoms with Crippen molar-refractivity contribution in [3.63, 3.8) is 0 Å². The lowest BCUT2D eigenvalue weighted by molar-refractivity contribution is -0.124. The molecule has 0 aliphatic rings. The van der Waals surface area contributed by atoms with Gasteiger partial charge in [0, 0.05) is 6.54 Å². The fourth-order valence-electron chi connectivity index (χ4n) is 1.36. The van der Waals surface area contributed by atoms with Crippen LogP contribution in [0.1, 0.15) is 38.2 Å². The van der Waals surface area contributed by atoms with Gasteiger partial charge in [-0.05, 0) is 31.9 Å². The van der Waals surface area contributed by atoms with E-state index in [9.17, 15) is 14.7 Å². The van der Waals surface area contributed by atoms with Crippen molar-refractivity contribution >= 4 is 11.8 Å². The van der Waals surface area contributed by atoms with Gasteiger partial charge >= 0.3 is 0 Å². The number of furan rings is 1. The number of hydrogen-bond donors (Lipinski definition) is 3. The van der Waals surface area contributed by atoms with Crippen molar-refractivity contribution in [1.29, 1.82) is 0 Å². The lowest BCUT2D eigenvalue weighted by Gasteiger charge is -2.28. The first kappa shape index (κ1) is 16.2. The Hall–Kier alpha value is -1.82. The van der Waals surface area contributed by atoms with Crippen molar-refractivity contribution < 1.29 is 19.1 Å². The van der Waals surface area contributed by atoms with Crippen molar-refractivity contribution in [3.8, 4) is 0 Å². The average molecular weight is 282 g/mol. The molecule has 1 aromatic rings. The maximum absolute atomic E-state index is 11.8. The molecule has 2 atom stereocenters. The molecule has 1 rings (SSSR count). The third-order valence-electron chi connectivity index (χ3n) is 3.35. The Morgan fingerprint density at radius 3 is 2.55 bits per heavy atom. The van der Waals surface area contributed by atoms with Crippen LogP contribution in [0.25, 0.3) is 0 Å². The summed E-state index contributed by atoms with van der Waals surface area (Å²) in [6, 6.07) is 2.40. The second-order valence-corrected chi connectivity index (χ2v) is 5.40. The molecule has 112 valence electrons. The number of hydrogen-bond acceptors (Lipinski definition) is 4. The van der Waals surface area contributed by atoms with Crippen LogP contribution in [0.15, 0.2) is 22.8 Å². The molecule has 0 radical (unpaired) electrons. The normalized spacial score (nSPS) is 15.5. The predicted molar refractivity (Wildman–Crippen MR) is 74.1 cm³/mol. The molecule has 0 aliphatic carbocycles. The molecule has 0 aliphatic heterocycles. The third-order valence-corrected chi connectivity index (χ3v) is 3.35. The fourth-order valence-corrected chi connectivity index (χ4v) is 1.36. The Balaban J connectivity index is 2.46. The van der Waals surface area contributed by atoms with Crippen molar-refractivity contribution in [2.24, 2.45) is 5.92 Å². The van der Waals surface area contributed by atoms with Gasteiger partial charge in [0.2, 0.25) is 5.91 Å². The van der Waals surface area contributed by atoms with Gasteiger partial charge in [0.25, 0.3) is 5.91 Å². The molecule has 0 fully saturated rings. The minimum absolute atomic E-state index is 0.0100. The van der Waals surface area contributed by atoms with E-state index in [-0.39, 0.29) is 24.1 Å². The quantitative estimate of drug-likeness (QED) is 0.723. The van der Waals surface area contributed by atoms with Gasteiger partial charge < -0.3 is 20.2 Å². The maximum Gasteiger partial charge on any atom is 0.287 e. The molecule has 6 nitrogen and oxygen atoms in total. The highest BCUT2D eigenvalue weighted by atomic mass is 16.3. The molecule has 6 heteroatoms. The van der Waals surface area contributed by atoms with Crippen LogP contribution in [0.5, 0.6) is 0 Å². The van der Waals surface area contributed by atoms with Gasteiger partial charge in [-0.1, -0.05) is 13.8 Å². The molecule has 0 saturated carbocycles. The van der Waals surface area contributed by atoms with Crippen LogP contribution in [0.3, 0.4) is 0 Å². The van der Waals surface area contributed by atoms with Crippen molar-refractivity contribution in [2.75, 3.05) is 6.54 Å². The maximum atomic E-state index is 11.8. The molecule has 3 N–H and O–H groups in total. The van der Waals surface area contributed by atoms with Gasteiger partial charge in [0.1, 0.15) is 6.04 Å². The molecule has 2 amide bonds. The topological polar surface area (TPSA) is 91.6 Å². The fraction of sp³-hybridized carbons (Fsp3) is 0.571. The minimum Gasteiger partial charge on any atom is -0.459 e. The first-order valence-electron chi connectivity index (χ1n) is 6.58. The monoisotopic (exact) mass is 282 g/mol. The average Bonchev–Trinajstić information content (AvgIpc) is 2.89. The summed E-state index contributed by atoms with van der Waals surface area (Å²) in [5, 5.41) is 15.2. The van der Waals surface area contributed by atoms with Crippen LogP contribution in [0.4, 0.5) is 0 Å². The Kier molecular flexibility index (Phi) is 5.33. The molecule has 1 aromatic heterocycles. The molecule has 0 aromatic carbocycles. The Labute approximate surface area is 118 Å². The van der Waals surface area contributed by atoms with Gasteiger partial charge in [0.05, 0.1) is 11.9 Å². The van der Waals surface area contributed by atoms with Crippen LogP contribution in [-0.2, 0) is 4.79 Å². The van der Waals surface area contributed by atoms with Gasteiger partial charge in [-0.3, -0.25) is 9.59 Å². The number of aliphatic hydroxyl groups is 1. The summed E-state index contributed by atoms with van der Waals surface area (Å²) in [5.41, 5.74) is -0.986. The van der Waals surface area contributed by atoms with E-state index in [0.29, 0.717) is 0 Å². The summed E-state index contributed by atoms with van der Waals surface area (Å²) in [5.74, 6) is -0.645. The third kappa shape index (κ3) is 4.38. The first-order valence-corrected chi connectivity index (χ1v) is 6.58. The summed E-state index contributed by atoms with van der Waals surface area (Å²) in [4.78, 5) is 23.5. The summed E-state index contributed by atoms with van der Waals surface area (Å²) in [6.07, 6.45) is 1.39.